The predicted octanol–water partition coefficient (Wildman–Crippen LogP) is 1.22. The third-order valence-corrected chi connectivity index (χ3v) is 2.71. The molecule has 0 aliphatic heterocycles. The first-order chi connectivity index (χ1) is 9.04. The molecule has 19 heavy (non-hydrogen) atoms. The van der Waals surface area contributed by atoms with Crippen molar-refractivity contribution in [2.75, 3.05) is 26.9 Å². The molecular weight excluding hydrogens is 246 g/mol. The molecule has 0 bridgehead atoms. The van der Waals surface area contributed by atoms with Crippen LogP contribution in [-0.2, 0) is 14.3 Å². The molecule has 0 saturated heterocycles. The molecule has 0 atom stereocenters. The normalized spacial score (nSPS) is 10.1. The SMILES string of the molecule is COCCNC(=O)COC(=O)c1ccc(C)c(C)c1. The van der Waals surface area contributed by atoms with Crippen molar-refractivity contribution >= 4 is 11.9 Å². The number of carbonyl (C=O) groups excluding carboxylic acids is 2. The van der Waals surface area contributed by atoms with E-state index in [1.54, 1.807) is 19.2 Å². The van der Waals surface area contributed by atoms with Gasteiger partial charge in [-0.15, -0.1) is 0 Å². The zero-order valence-electron chi connectivity index (χ0n) is 11.5. The van der Waals surface area contributed by atoms with E-state index in [1.807, 2.05) is 19.9 Å². The van der Waals surface area contributed by atoms with Gasteiger partial charge >= 0.3 is 5.97 Å². The third-order valence-electron chi connectivity index (χ3n) is 2.71. The molecule has 0 unspecified atom stereocenters. The van der Waals surface area contributed by atoms with Gasteiger partial charge in [0.05, 0.1) is 12.2 Å². The molecule has 1 aromatic carbocycles. The summed E-state index contributed by atoms with van der Waals surface area (Å²) in [7, 11) is 1.55. The fourth-order valence-corrected chi connectivity index (χ4v) is 1.43. The van der Waals surface area contributed by atoms with E-state index in [4.69, 9.17) is 9.47 Å². The molecule has 1 aromatic rings. The molecule has 5 heteroatoms. The Hall–Kier alpha value is -1.88. The van der Waals surface area contributed by atoms with Crippen LogP contribution in [0.25, 0.3) is 0 Å². The zero-order valence-corrected chi connectivity index (χ0v) is 11.5. The van der Waals surface area contributed by atoms with Crippen molar-refractivity contribution in [1.82, 2.24) is 5.32 Å². The minimum atomic E-state index is -0.495. The van der Waals surface area contributed by atoms with Gasteiger partial charge in [0.15, 0.2) is 6.61 Å². The van der Waals surface area contributed by atoms with Crippen LogP contribution in [0, 0.1) is 13.8 Å². The number of hydrogen-bond acceptors (Lipinski definition) is 4. The number of carbonyl (C=O) groups is 2. The Morgan fingerprint density at radius 3 is 2.58 bits per heavy atom. The fourth-order valence-electron chi connectivity index (χ4n) is 1.43. The van der Waals surface area contributed by atoms with Crippen LogP contribution in [0.15, 0.2) is 18.2 Å². The molecule has 1 amide bonds. The van der Waals surface area contributed by atoms with Crippen molar-refractivity contribution in [3.05, 3.63) is 34.9 Å². The Balaban J connectivity index is 2.42. The highest BCUT2D eigenvalue weighted by Crippen LogP contribution is 2.10. The average molecular weight is 265 g/mol. The lowest BCUT2D eigenvalue weighted by Gasteiger charge is -2.07. The molecular formula is C14H19NO4. The molecule has 0 aliphatic rings. The van der Waals surface area contributed by atoms with Crippen molar-refractivity contribution in [3.8, 4) is 0 Å². The number of methoxy groups -OCH3 is 1. The quantitative estimate of drug-likeness (QED) is 0.620. The molecule has 1 rings (SSSR count). The van der Waals surface area contributed by atoms with Gasteiger partial charge in [-0.25, -0.2) is 4.79 Å². The summed E-state index contributed by atoms with van der Waals surface area (Å²) in [6, 6.07) is 5.29. The Labute approximate surface area is 112 Å². The van der Waals surface area contributed by atoms with Gasteiger partial charge < -0.3 is 14.8 Å². The van der Waals surface area contributed by atoms with Gasteiger partial charge in [0.25, 0.3) is 5.91 Å². The summed E-state index contributed by atoms with van der Waals surface area (Å²) in [6.07, 6.45) is 0. The average Bonchev–Trinajstić information content (AvgIpc) is 2.39. The van der Waals surface area contributed by atoms with Gasteiger partial charge in [-0.2, -0.15) is 0 Å². The maximum absolute atomic E-state index is 11.7. The van der Waals surface area contributed by atoms with Crippen molar-refractivity contribution in [2.24, 2.45) is 0 Å². The second kappa shape index (κ2) is 7.53. The molecule has 0 aliphatic carbocycles. The summed E-state index contributed by atoms with van der Waals surface area (Å²) < 4.78 is 9.71. The van der Waals surface area contributed by atoms with E-state index in [9.17, 15) is 9.59 Å². The Kier molecular flexibility index (Phi) is 6.02. The maximum Gasteiger partial charge on any atom is 0.338 e. The number of aryl methyl sites for hydroxylation is 2. The van der Waals surface area contributed by atoms with E-state index in [2.05, 4.69) is 5.32 Å². The van der Waals surface area contributed by atoms with E-state index < -0.39 is 5.97 Å². The number of benzene rings is 1. The number of rotatable bonds is 6. The standard InChI is InChI=1S/C14H19NO4/c1-10-4-5-12(8-11(10)2)14(17)19-9-13(16)15-6-7-18-3/h4-5,8H,6-7,9H2,1-3H3,(H,15,16). The van der Waals surface area contributed by atoms with Gasteiger partial charge in [-0.1, -0.05) is 6.07 Å². The Bertz CT molecular complexity index is 457. The largest absolute Gasteiger partial charge is 0.452 e. The smallest absolute Gasteiger partial charge is 0.338 e. The number of ether oxygens (including phenoxy) is 2. The highest BCUT2D eigenvalue weighted by molar-refractivity contribution is 5.91. The second-order valence-corrected chi connectivity index (χ2v) is 4.22. The van der Waals surface area contributed by atoms with E-state index >= 15 is 0 Å². The molecule has 0 radical (unpaired) electrons. The maximum atomic E-state index is 11.7. The fraction of sp³-hybridized carbons (Fsp3) is 0.429. The first-order valence-corrected chi connectivity index (χ1v) is 6.04. The van der Waals surface area contributed by atoms with Crippen molar-refractivity contribution in [2.45, 2.75) is 13.8 Å². The summed E-state index contributed by atoms with van der Waals surface area (Å²) in [5.41, 5.74) is 2.57. The molecule has 0 saturated carbocycles. The lowest BCUT2D eigenvalue weighted by Crippen LogP contribution is -2.31. The summed E-state index contributed by atoms with van der Waals surface area (Å²) in [6.45, 7) is 4.43. The second-order valence-electron chi connectivity index (χ2n) is 4.22. The van der Waals surface area contributed by atoms with E-state index in [0.29, 0.717) is 18.7 Å². The third kappa shape index (κ3) is 5.09. The molecule has 1 N–H and O–H groups in total. The van der Waals surface area contributed by atoms with Crippen LogP contribution in [0.4, 0.5) is 0 Å². The zero-order chi connectivity index (χ0) is 14.3. The van der Waals surface area contributed by atoms with Crippen molar-refractivity contribution < 1.29 is 19.1 Å². The van der Waals surface area contributed by atoms with Gasteiger partial charge in [-0.3, -0.25) is 4.79 Å². The minimum absolute atomic E-state index is 0.282. The summed E-state index contributed by atoms with van der Waals surface area (Å²) in [5.74, 6) is -0.834. The Morgan fingerprint density at radius 1 is 1.21 bits per heavy atom. The molecule has 5 nitrogen and oxygen atoms in total. The Morgan fingerprint density at radius 2 is 1.95 bits per heavy atom. The lowest BCUT2D eigenvalue weighted by molar-refractivity contribution is -0.124. The first kappa shape index (κ1) is 15.2. The summed E-state index contributed by atoms with van der Waals surface area (Å²) >= 11 is 0. The first-order valence-electron chi connectivity index (χ1n) is 6.04. The van der Waals surface area contributed by atoms with E-state index in [0.717, 1.165) is 11.1 Å². The number of esters is 1. The molecule has 0 aromatic heterocycles. The van der Waals surface area contributed by atoms with Crippen LogP contribution in [0.5, 0.6) is 0 Å². The van der Waals surface area contributed by atoms with Crippen molar-refractivity contribution in [1.29, 1.82) is 0 Å². The van der Waals surface area contributed by atoms with Gasteiger partial charge in [-0.05, 0) is 37.1 Å². The molecule has 104 valence electrons. The number of nitrogens with one attached hydrogen (secondary N) is 1. The highest BCUT2D eigenvalue weighted by atomic mass is 16.5. The highest BCUT2D eigenvalue weighted by Gasteiger charge is 2.10. The lowest BCUT2D eigenvalue weighted by atomic mass is 10.1. The number of amides is 1. The molecule has 0 fully saturated rings. The number of hydrogen-bond donors (Lipinski definition) is 1. The molecule has 0 heterocycles. The van der Waals surface area contributed by atoms with Crippen LogP contribution in [0.1, 0.15) is 21.5 Å². The van der Waals surface area contributed by atoms with E-state index in [1.165, 1.54) is 0 Å². The minimum Gasteiger partial charge on any atom is -0.452 e. The van der Waals surface area contributed by atoms with Gasteiger partial charge in [0.2, 0.25) is 0 Å². The van der Waals surface area contributed by atoms with Crippen LogP contribution in [-0.4, -0.2) is 38.7 Å². The molecule has 0 spiro atoms. The van der Waals surface area contributed by atoms with Crippen LogP contribution in [0.3, 0.4) is 0 Å². The van der Waals surface area contributed by atoms with Crippen LogP contribution < -0.4 is 5.32 Å². The van der Waals surface area contributed by atoms with Crippen molar-refractivity contribution in [3.63, 3.8) is 0 Å². The van der Waals surface area contributed by atoms with Crippen LogP contribution >= 0.6 is 0 Å². The van der Waals surface area contributed by atoms with E-state index in [-0.39, 0.29) is 12.5 Å². The van der Waals surface area contributed by atoms with Gasteiger partial charge in [0, 0.05) is 13.7 Å². The summed E-state index contributed by atoms with van der Waals surface area (Å²) in [4.78, 5) is 23.0. The monoisotopic (exact) mass is 265 g/mol. The summed E-state index contributed by atoms with van der Waals surface area (Å²) in [5, 5.41) is 2.57. The van der Waals surface area contributed by atoms with Crippen LogP contribution in [0.2, 0.25) is 0 Å². The van der Waals surface area contributed by atoms with Gasteiger partial charge in [0.1, 0.15) is 0 Å². The predicted molar refractivity (Wildman–Crippen MR) is 71.1 cm³/mol. The topological polar surface area (TPSA) is 64.6 Å².